The summed E-state index contributed by atoms with van der Waals surface area (Å²) in [6.07, 6.45) is 4.53. The van der Waals surface area contributed by atoms with Crippen LogP contribution in [0.5, 0.6) is 0 Å². The predicted molar refractivity (Wildman–Crippen MR) is 52.8 cm³/mol. The average Bonchev–Trinajstić information content (AvgIpc) is 1.77. The molecule has 0 saturated carbocycles. The van der Waals surface area contributed by atoms with Gasteiger partial charge < -0.3 is 0 Å². The zero-order valence-electron chi connectivity index (χ0n) is 7.31. The molecule has 2 heteroatoms. The molecule has 10 heavy (non-hydrogen) atoms. The highest BCUT2D eigenvalue weighted by molar-refractivity contribution is 6.78. The Labute approximate surface area is 71.8 Å². The molecule has 1 unspecified atom stereocenters. The maximum absolute atomic E-state index is 2.54. The van der Waals surface area contributed by atoms with E-state index in [-0.39, 0.29) is 12.4 Å². The third kappa shape index (κ3) is 2.28. The summed E-state index contributed by atoms with van der Waals surface area (Å²) in [6, 6.07) is 1.58. The molecule has 1 aliphatic rings. The van der Waals surface area contributed by atoms with Crippen molar-refractivity contribution in [1.29, 1.82) is 0 Å². The van der Waals surface area contributed by atoms with Gasteiger partial charge in [0.25, 0.3) is 0 Å². The average molecular weight is 179 g/mol. The molecule has 0 aromatic heterocycles. The van der Waals surface area contributed by atoms with E-state index in [1.807, 2.05) is 0 Å². The molecule has 0 amide bonds. The first-order chi connectivity index (χ1) is 4.13. The van der Waals surface area contributed by atoms with Crippen LogP contribution in [-0.4, -0.2) is 8.07 Å². The van der Waals surface area contributed by atoms with Gasteiger partial charge >= 0.3 is 0 Å². The zero-order chi connectivity index (χ0) is 6.91. The van der Waals surface area contributed by atoms with Crippen molar-refractivity contribution < 1.29 is 0 Å². The summed E-state index contributed by atoms with van der Waals surface area (Å²) in [4.78, 5) is 0. The highest BCUT2D eigenvalue weighted by Crippen LogP contribution is 2.36. The Morgan fingerprint density at radius 1 is 1.20 bits per heavy atom. The lowest BCUT2D eigenvalue weighted by Gasteiger charge is -2.34. The van der Waals surface area contributed by atoms with Crippen molar-refractivity contribution >= 4 is 20.5 Å². The minimum absolute atomic E-state index is 0. The van der Waals surface area contributed by atoms with E-state index in [0.29, 0.717) is 0 Å². The van der Waals surface area contributed by atoms with E-state index in [1.54, 1.807) is 6.04 Å². The van der Waals surface area contributed by atoms with Crippen molar-refractivity contribution in [2.45, 2.75) is 50.9 Å². The Kier molecular flexibility index (Phi) is 3.96. The highest BCUT2D eigenvalue weighted by atomic mass is 35.5. The molecule has 0 N–H and O–H groups in total. The normalized spacial score (nSPS) is 30.9. The van der Waals surface area contributed by atoms with Gasteiger partial charge in [-0.3, -0.25) is 0 Å². The maximum Gasteiger partial charge on any atom is 0.0502 e. The molecule has 1 saturated heterocycles. The zero-order valence-corrected chi connectivity index (χ0v) is 9.13. The highest BCUT2D eigenvalue weighted by Gasteiger charge is 2.30. The Balaban J connectivity index is 0.000000810. The van der Waals surface area contributed by atoms with Crippen molar-refractivity contribution in [3.05, 3.63) is 0 Å². The Bertz CT molecular complexity index is 101. The molecule has 1 heterocycles. The molecule has 0 spiro atoms. The van der Waals surface area contributed by atoms with Crippen molar-refractivity contribution in [2.24, 2.45) is 0 Å². The molecule has 0 bridgehead atoms. The number of hydrogen-bond acceptors (Lipinski definition) is 0. The van der Waals surface area contributed by atoms with E-state index in [2.05, 4.69) is 20.0 Å². The third-order valence-corrected chi connectivity index (χ3v) is 7.64. The van der Waals surface area contributed by atoms with E-state index >= 15 is 0 Å². The number of hydrogen-bond donors (Lipinski definition) is 0. The summed E-state index contributed by atoms with van der Waals surface area (Å²) >= 11 is 0. The molecule has 1 aliphatic heterocycles. The van der Waals surface area contributed by atoms with Crippen LogP contribution >= 0.6 is 12.4 Å². The van der Waals surface area contributed by atoms with E-state index in [9.17, 15) is 0 Å². The van der Waals surface area contributed by atoms with Crippen molar-refractivity contribution in [3.8, 4) is 0 Å². The predicted octanol–water partition coefficient (Wildman–Crippen LogP) is 3.69. The second-order valence-electron chi connectivity index (χ2n) is 4.14. The lowest BCUT2D eigenvalue weighted by molar-refractivity contribution is 0.635. The molecule has 0 radical (unpaired) electrons. The van der Waals surface area contributed by atoms with Gasteiger partial charge in [0.05, 0.1) is 8.07 Å². The molecule has 1 fully saturated rings. The lowest BCUT2D eigenvalue weighted by Crippen LogP contribution is -2.33. The molecular weight excluding hydrogens is 160 g/mol. The molecule has 62 valence electrons. The van der Waals surface area contributed by atoms with Crippen LogP contribution < -0.4 is 0 Å². The first-order valence-electron chi connectivity index (χ1n) is 4.13. The maximum atomic E-state index is 2.54. The smallest absolute Gasteiger partial charge is 0.0502 e. The Morgan fingerprint density at radius 2 is 1.80 bits per heavy atom. The summed E-state index contributed by atoms with van der Waals surface area (Å²) in [5, 5.41) is 0. The van der Waals surface area contributed by atoms with Gasteiger partial charge in [0, 0.05) is 0 Å². The van der Waals surface area contributed by atoms with Crippen molar-refractivity contribution in [3.63, 3.8) is 0 Å². The van der Waals surface area contributed by atoms with E-state index in [0.717, 1.165) is 5.54 Å². The largest absolute Gasteiger partial charge is 0.147 e. The monoisotopic (exact) mass is 178 g/mol. The van der Waals surface area contributed by atoms with Crippen LogP contribution in [0.1, 0.15) is 26.2 Å². The first kappa shape index (κ1) is 10.5. The van der Waals surface area contributed by atoms with Crippen LogP contribution in [0.15, 0.2) is 0 Å². The minimum atomic E-state index is -0.694. The standard InChI is InChI=1S/C8H18Si.ClH/c1-8-6-4-5-7-9(8,2)3;/h8H,4-7H2,1-3H3;1H. The summed E-state index contributed by atoms with van der Waals surface area (Å²) < 4.78 is 0. The van der Waals surface area contributed by atoms with Gasteiger partial charge in [0.1, 0.15) is 0 Å². The lowest BCUT2D eigenvalue weighted by atomic mass is 10.2. The fourth-order valence-electron chi connectivity index (χ4n) is 1.67. The van der Waals surface area contributed by atoms with Crippen LogP contribution in [-0.2, 0) is 0 Å². The Morgan fingerprint density at radius 3 is 2.10 bits per heavy atom. The van der Waals surface area contributed by atoms with Crippen LogP contribution in [0.25, 0.3) is 0 Å². The van der Waals surface area contributed by atoms with Crippen molar-refractivity contribution in [1.82, 2.24) is 0 Å². The molecule has 0 aromatic carbocycles. The van der Waals surface area contributed by atoms with Gasteiger partial charge in [0.15, 0.2) is 0 Å². The fourth-order valence-corrected chi connectivity index (χ4v) is 4.31. The second kappa shape index (κ2) is 3.77. The molecule has 1 rings (SSSR count). The first-order valence-corrected chi connectivity index (χ1v) is 7.41. The fraction of sp³-hybridized carbons (Fsp3) is 1.00. The molecular formula is C8H19ClSi. The van der Waals surface area contributed by atoms with Crippen LogP contribution in [0.4, 0.5) is 0 Å². The van der Waals surface area contributed by atoms with Gasteiger partial charge in [0.2, 0.25) is 0 Å². The summed E-state index contributed by atoms with van der Waals surface area (Å²) in [5.41, 5.74) is 1.09. The molecule has 0 aliphatic carbocycles. The topological polar surface area (TPSA) is 0 Å². The number of rotatable bonds is 0. The van der Waals surface area contributed by atoms with Gasteiger partial charge in [-0.15, -0.1) is 12.4 Å². The van der Waals surface area contributed by atoms with E-state index < -0.39 is 8.07 Å². The van der Waals surface area contributed by atoms with E-state index in [4.69, 9.17) is 0 Å². The third-order valence-electron chi connectivity index (χ3n) is 3.04. The summed E-state index contributed by atoms with van der Waals surface area (Å²) in [5.74, 6) is 0. The van der Waals surface area contributed by atoms with Gasteiger partial charge in [-0.25, -0.2) is 0 Å². The SMILES string of the molecule is CC1CCCC[Si]1(C)C.Cl. The molecule has 0 nitrogen and oxygen atoms in total. The molecule has 0 aromatic rings. The molecule has 1 atom stereocenters. The minimum Gasteiger partial charge on any atom is -0.147 e. The van der Waals surface area contributed by atoms with Crippen LogP contribution in [0.2, 0.25) is 24.7 Å². The Hall–Kier alpha value is 0.507. The van der Waals surface area contributed by atoms with E-state index in [1.165, 1.54) is 19.3 Å². The van der Waals surface area contributed by atoms with Gasteiger partial charge in [-0.1, -0.05) is 45.3 Å². The van der Waals surface area contributed by atoms with Crippen LogP contribution in [0.3, 0.4) is 0 Å². The second-order valence-corrected chi connectivity index (χ2v) is 9.60. The van der Waals surface area contributed by atoms with Crippen LogP contribution in [0, 0.1) is 0 Å². The summed E-state index contributed by atoms with van der Waals surface area (Å²) in [7, 11) is -0.694. The van der Waals surface area contributed by atoms with Gasteiger partial charge in [-0.05, 0) is 5.54 Å². The summed E-state index contributed by atoms with van der Waals surface area (Å²) in [6.45, 7) is 7.53. The quantitative estimate of drug-likeness (QED) is 0.497. The van der Waals surface area contributed by atoms with Gasteiger partial charge in [-0.2, -0.15) is 0 Å². The number of halogens is 1. The van der Waals surface area contributed by atoms with Crippen molar-refractivity contribution in [2.75, 3.05) is 0 Å².